The van der Waals surface area contributed by atoms with Gasteiger partial charge >= 0.3 is 0 Å². The minimum Gasteiger partial charge on any atom is -0.353 e. The molecule has 17 heavy (non-hydrogen) atoms. The van der Waals surface area contributed by atoms with Crippen LogP contribution in [0.4, 0.5) is 0 Å². The largest absolute Gasteiger partial charge is 0.353 e. The Hall–Kier alpha value is -1.13. The molecule has 1 saturated carbocycles. The van der Waals surface area contributed by atoms with Gasteiger partial charge in [-0.2, -0.15) is 0 Å². The molecular formula is C13H18N2OS. The van der Waals surface area contributed by atoms with Gasteiger partial charge in [0, 0.05) is 23.5 Å². The predicted molar refractivity (Wildman–Crippen MR) is 72.0 cm³/mol. The van der Waals surface area contributed by atoms with Crippen LogP contribution in [-0.2, 0) is 4.79 Å². The van der Waals surface area contributed by atoms with Gasteiger partial charge in [0.05, 0.1) is 0 Å². The molecule has 92 valence electrons. The lowest BCUT2D eigenvalue weighted by Crippen LogP contribution is -2.26. The number of nitrogens with one attached hydrogen (secondary N) is 2. The molecule has 3 nitrogen and oxygen atoms in total. The Morgan fingerprint density at radius 3 is 3.06 bits per heavy atom. The van der Waals surface area contributed by atoms with Gasteiger partial charge in [-0.15, -0.1) is 11.3 Å². The number of hydrogen-bond donors (Lipinski definition) is 2. The van der Waals surface area contributed by atoms with E-state index in [-0.39, 0.29) is 5.91 Å². The lowest BCUT2D eigenvalue weighted by molar-refractivity contribution is -0.116. The highest BCUT2D eigenvalue weighted by Gasteiger charge is 2.19. The number of carbonyl (C=O) groups is 1. The van der Waals surface area contributed by atoms with Crippen LogP contribution in [0, 0.1) is 0 Å². The molecule has 1 fully saturated rings. The second kappa shape index (κ2) is 6.57. The first-order chi connectivity index (χ1) is 8.34. The molecule has 1 aromatic heterocycles. The van der Waals surface area contributed by atoms with Crippen LogP contribution in [-0.4, -0.2) is 25.0 Å². The van der Waals surface area contributed by atoms with Crippen LogP contribution in [0.2, 0.25) is 0 Å². The van der Waals surface area contributed by atoms with E-state index in [1.54, 1.807) is 17.4 Å². The van der Waals surface area contributed by atoms with Gasteiger partial charge in [-0.3, -0.25) is 4.79 Å². The van der Waals surface area contributed by atoms with Crippen LogP contribution in [0.3, 0.4) is 0 Å². The molecule has 4 heteroatoms. The average Bonchev–Trinajstić information content (AvgIpc) is 3.00. The van der Waals surface area contributed by atoms with E-state index in [0.717, 1.165) is 30.4 Å². The van der Waals surface area contributed by atoms with Crippen molar-refractivity contribution in [3.63, 3.8) is 0 Å². The van der Waals surface area contributed by atoms with Crippen molar-refractivity contribution >= 4 is 23.3 Å². The third kappa shape index (κ3) is 5.15. The minimum absolute atomic E-state index is 0.00942. The van der Waals surface area contributed by atoms with E-state index in [0.29, 0.717) is 0 Å². The lowest BCUT2D eigenvalue weighted by atomic mass is 10.3. The van der Waals surface area contributed by atoms with Crippen molar-refractivity contribution in [3.8, 4) is 0 Å². The van der Waals surface area contributed by atoms with E-state index in [1.165, 1.54) is 12.8 Å². The van der Waals surface area contributed by atoms with Gasteiger partial charge in [0.25, 0.3) is 0 Å². The Balaban J connectivity index is 1.54. The van der Waals surface area contributed by atoms with Crippen molar-refractivity contribution in [2.45, 2.75) is 25.3 Å². The maximum absolute atomic E-state index is 11.4. The number of rotatable bonds is 7. The molecule has 0 saturated heterocycles. The molecule has 0 aliphatic heterocycles. The molecule has 1 heterocycles. The maximum Gasteiger partial charge on any atom is 0.244 e. The maximum atomic E-state index is 11.4. The Kier molecular flexibility index (Phi) is 4.76. The van der Waals surface area contributed by atoms with Gasteiger partial charge in [-0.25, -0.2) is 0 Å². The second-order valence-electron chi connectivity index (χ2n) is 4.22. The molecule has 2 N–H and O–H groups in total. The molecule has 1 aliphatic carbocycles. The van der Waals surface area contributed by atoms with E-state index in [1.807, 2.05) is 23.6 Å². The molecule has 0 bridgehead atoms. The van der Waals surface area contributed by atoms with Crippen LogP contribution in [0.15, 0.2) is 23.6 Å². The Morgan fingerprint density at radius 1 is 1.47 bits per heavy atom. The van der Waals surface area contributed by atoms with Crippen LogP contribution in [0.25, 0.3) is 6.08 Å². The Bertz CT molecular complexity index is 369. The average molecular weight is 250 g/mol. The van der Waals surface area contributed by atoms with E-state index in [4.69, 9.17) is 0 Å². The summed E-state index contributed by atoms with van der Waals surface area (Å²) in [4.78, 5) is 12.5. The standard InChI is InChI=1S/C13H18N2OS/c16-13(7-6-12-3-1-10-17-12)15-9-2-8-14-11-4-5-11/h1,3,6-7,10-11,14H,2,4-5,8-9H2,(H,15,16)/b7-6+. The zero-order valence-electron chi connectivity index (χ0n) is 9.82. The highest BCUT2D eigenvalue weighted by Crippen LogP contribution is 2.18. The van der Waals surface area contributed by atoms with Crippen LogP contribution >= 0.6 is 11.3 Å². The zero-order chi connectivity index (χ0) is 11.9. The van der Waals surface area contributed by atoms with Crippen molar-refractivity contribution < 1.29 is 4.79 Å². The number of hydrogen-bond acceptors (Lipinski definition) is 3. The third-order valence-electron chi connectivity index (χ3n) is 2.61. The van der Waals surface area contributed by atoms with Crippen LogP contribution < -0.4 is 10.6 Å². The molecule has 1 amide bonds. The smallest absolute Gasteiger partial charge is 0.244 e. The van der Waals surface area contributed by atoms with E-state index in [2.05, 4.69) is 10.6 Å². The molecule has 1 aliphatic rings. The second-order valence-corrected chi connectivity index (χ2v) is 5.20. The van der Waals surface area contributed by atoms with E-state index >= 15 is 0 Å². The fourth-order valence-electron chi connectivity index (χ4n) is 1.50. The first-order valence-electron chi connectivity index (χ1n) is 6.07. The fourth-order valence-corrected chi connectivity index (χ4v) is 2.11. The van der Waals surface area contributed by atoms with Crippen LogP contribution in [0.5, 0.6) is 0 Å². The van der Waals surface area contributed by atoms with Gasteiger partial charge in [0.1, 0.15) is 0 Å². The van der Waals surface area contributed by atoms with E-state index in [9.17, 15) is 4.79 Å². The van der Waals surface area contributed by atoms with Crippen molar-refractivity contribution in [3.05, 3.63) is 28.5 Å². The Labute approximate surface area is 106 Å². The normalized spacial score (nSPS) is 15.3. The molecule has 1 aromatic rings. The number of amides is 1. The molecule has 0 spiro atoms. The van der Waals surface area contributed by atoms with E-state index < -0.39 is 0 Å². The summed E-state index contributed by atoms with van der Waals surface area (Å²) in [6.45, 7) is 1.74. The summed E-state index contributed by atoms with van der Waals surface area (Å²) in [5.41, 5.74) is 0. The molecule has 0 unspecified atom stereocenters. The highest BCUT2D eigenvalue weighted by molar-refractivity contribution is 7.10. The zero-order valence-corrected chi connectivity index (χ0v) is 10.6. The fraction of sp³-hybridized carbons (Fsp3) is 0.462. The van der Waals surface area contributed by atoms with Gasteiger partial charge in [-0.1, -0.05) is 6.07 Å². The molecule has 0 radical (unpaired) electrons. The highest BCUT2D eigenvalue weighted by atomic mass is 32.1. The SMILES string of the molecule is O=C(/C=C/c1cccs1)NCCCNC1CC1. The summed E-state index contributed by atoms with van der Waals surface area (Å²) in [5, 5.41) is 8.30. The molecule has 0 aromatic carbocycles. The summed E-state index contributed by atoms with van der Waals surface area (Å²) < 4.78 is 0. The minimum atomic E-state index is -0.00942. The first kappa shape index (κ1) is 12.3. The molecule has 0 atom stereocenters. The Morgan fingerprint density at radius 2 is 2.35 bits per heavy atom. The van der Waals surface area contributed by atoms with Crippen molar-refractivity contribution in [1.82, 2.24) is 10.6 Å². The monoisotopic (exact) mass is 250 g/mol. The topological polar surface area (TPSA) is 41.1 Å². The quantitative estimate of drug-likeness (QED) is 0.574. The van der Waals surface area contributed by atoms with Gasteiger partial charge in [0.15, 0.2) is 0 Å². The molecule has 2 rings (SSSR count). The van der Waals surface area contributed by atoms with Gasteiger partial charge in [-0.05, 0) is 43.3 Å². The molecular weight excluding hydrogens is 232 g/mol. The van der Waals surface area contributed by atoms with Gasteiger partial charge in [0.2, 0.25) is 5.91 Å². The van der Waals surface area contributed by atoms with Crippen LogP contribution in [0.1, 0.15) is 24.1 Å². The van der Waals surface area contributed by atoms with Crippen molar-refractivity contribution in [2.24, 2.45) is 0 Å². The first-order valence-corrected chi connectivity index (χ1v) is 6.95. The summed E-state index contributed by atoms with van der Waals surface area (Å²) in [7, 11) is 0. The predicted octanol–water partition coefficient (Wildman–Crippen LogP) is 2.02. The number of carbonyl (C=O) groups excluding carboxylic acids is 1. The summed E-state index contributed by atoms with van der Waals surface area (Å²) in [5.74, 6) is -0.00942. The van der Waals surface area contributed by atoms with Crippen molar-refractivity contribution in [2.75, 3.05) is 13.1 Å². The lowest BCUT2D eigenvalue weighted by Gasteiger charge is -2.03. The number of thiophene rings is 1. The summed E-state index contributed by atoms with van der Waals surface area (Å²) >= 11 is 1.63. The summed E-state index contributed by atoms with van der Waals surface area (Å²) in [6.07, 6.45) is 7.07. The third-order valence-corrected chi connectivity index (χ3v) is 3.44. The van der Waals surface area contributed by atoms with Gasteiger partial charge < -0.3 is 10.6 Å². The summed E-state index contributed by atoms with van der Waals surface area (Å²) in [6, 6.07) is 4.73. The van der Waals surface area contributed by atoms with Crippen molar-refractivity contribution in [1.29, 1.82) is 0 Å².